The van der Waals surface area contributed by atoms with Gasteiger partial charge in [0.15, 0.2) is 23.3 Å². The third-order valence-electron chi connectivity index (χ3n) is 4.26. The molecule has 1 nitrogen and oxygen atoms in total. The number of benzene rings is 3. The fourth-order valence-corrected chi connectivity index (χ4v) is 2.73. The lowest BCUT2D eigenvalue weighted by atomic mass is 10.0. The molecule has 0 amide bonds. The molecule has 9 heteroatoms. The first kappa shape index (κ1) is 22.3. The van der Waals surface area contributed by atoms with E-state index >= 15 is 0 Å². The zero-order chi connectivity index (χ0) is 22.9. The lowest BCUT2D eigenvalue weighted by Gasteiger charge is -2.19. The van der Waals surface area contributed by atoms with Crippen LogP contribution in [0.1, 0.15) is 18.1 Å². The van der Waals surface area contributed by atoms with Gasteiger partial charge in [0.25, 0.3) is 0 Å². The maximum atomic E-state index is 14.4. The van der Waals surface area contributed by atoms with Crippen molar-refractivity contribution in [2.45, 2.75) is 13.0 Å². The summed E-state index contributed by atoms with van der Waals surface area (Å²) in [6.45, 7) is 0.939. The van der Waals surface area contributed by atoms with Crippen LogP contribution in [0.3, 0.4) is 0 Å². The summed E-state index contributed by atoms with van der Waals surface area (Å²) in [6.07, 6.45) is -4.34. The Morgan fingerprint density at radius 3 is 1.81 bits per heavy atom. The van der Waals surface area contributed by atoms with Gasteiger partial charge in [0, 0.05) is 17.7 Å². The largest absolute Gasteiger partial charge is 0.429 e. The Labute approximate surface area is 171 Å². The molecule has 0 N–H and O–H groups in total. The fraction of sp³-hybridized carbons (Fsp3) is 0.0909. The number of rotatable bonds is 5. The minimum absolute atomic E-state index is 0.0560. The number of hydrogen-bond donors (Lipinski definition) is 0. The van der Waals surface area contributed by atoms with E-state index in [1.54, 1.807) is 0 Å². The summed E-state index contributed by atoms with van der Waals surface area (Å²) in [7, 11) is 0. The second-order valence-corrected chi connectivity index (χ2v) is 6.44. The van der Waals surface area contributed by atoms with Crippen molar-refractivity contribution in [3.8, 4) is 16.9 Å². The Morgan fingerprint density at radius 1 is 0.742 bits per heavy atom. The summed E-state index contributed by atoms with van der Waals surface area (Å²) in [6, 6.07) is 8.10. The van der Waals surface area contributed by atoms with Crippen molar-refractivity contribution < 1.29 is 39.9 Å². The molecular formula is C22H12F8O. The molecule has 0 aromatic heterocycles. The first-order valence-electron chi connectivity index (χ1n) is 8.63. The molecule has 0 aliphatic carbocycles. The van der Waals surface area contributed by atoms with Crippen molar-refractivity contribution in [1.82, 2.24) is 0 Å². The Morgan fingerprint density at radius 2 is 1.29 bits per heavy atom. The van der Waals surface area contributed by atoms with Crippen molar-refractivity contribution in [3.63, 3.8) is 0 Å². The second-order valence-electron chi connectivity index (χ2n) is 6.44. The van der Waals surface area contributed by atoms with Crippen molar-refractivity contribution in [3.05, 3.63) is 94.8 Å². The lowest BCUT2D eigenvalue weighted by Crippen LogP contribution is -2.23. The van der Waals surface area contributed by atoms with Gasteiger partial charge in [-0.1, -0.05) is 30.3 Å². The normalized spacial score (nSPS) is 12.5. The molecule has 0 bridgehead atoms. The number of allylic oxidation sites excluding steroid dienone is 1. The lowest BCUT2D eigenvalue weighted by molar-refractivity contribution is -0.187. The average Bonchev–Trinajstić information content (AvgIpc) is 2.70. The molecule has 3 aromatic carbocycles. The van der Waals surface area contributed by atoms with Gasteiger partial charge >= 0.3 is 6.11 Å². The van der Waals surface area contributed by atoms with Crippen LogP contribution in [0.25, 0.3) is 17.0 Å². The zero-order valence-electron chi connectivity index (χ0n) is 15.6. The number of hydrogen-bond acceptors (Lipinski definition) is 1. The van der Waals surface area contributed by atoms with Crippen LogP contribution in [0, 0.1) is 23.3 Å². The Balaban J connectivity index is 1.88. The Bertz CT molecular complexity index is 1130. The molecule has 3 aromatic rings. The van der Waals surface area contributed by atoms with E-state index in [1.807, 2.05) is 0 Å². The van der Waals surface area contributed by atoms with Crippen LogP contribution in [-0.2, 0) is 6.11 Å². The van der Waals surface area contributed by atoms with Crippen LogP contribution >= 0.6 is 0 Å². The maximum Gasteiger partial charge on any atom is 0.429 e. The Hall–Kier alpha value is -3.36. The van der Waals surface area contributed by atoms with Crippen molar-refractivity contribution in [2.24, 2.45) is 0 Å². The van der Waals surface area contributed by atoms with E-state index in [4.69, 9.17) is 0 Å². The van der Waals surface area contributed by atoms with Crippen LogP contribution in [0.2, 0.25) is 0 Å². The minimum Gasteiger partial charge on any atom is -0.429 e. The van der Waals surface area contributed by atoms with Gasteiger partial charge in [0.2, 0.25) is 0 Å². The van der Waals surface area contributed by atoms with E-state index in [1.165, 1.54) is 24.3 Å². The predicted octanol–water partition coefficient (Wildman–Crippen LogP) is 7.67. The SMILES string of the molecule is C/C(F)=C(\F)c1ccc(-c2ccc(C(F)(F)Oc3cc(F)c(F)c(F)c3)c(F)c2)cc1. The molecule has 0 saturated heterocycles. The van der Waals surface area contributed by atoms with Crippen LogP contribution in [0.15, 0.2) is 60.4 Å². The number of alkyl halides is 2. The molecule has 162 valence electrons. The molecule has 0 unspecified atom stereocenters. The molecule has 0 saturated carbocycles. The molecule has 0 aliphatic heterocycles. The molecule has 31 heavy (non-hydrogen) atoms. The predicted molar refractivity (Wildman–Crippen MR) is 97.5 cm³/mol. The monoisotopic (exact) mass is 444 g/mol. The second kappa shape index (κ2) is 8.41. The topological polar surface area (TPSA) is 9.23 Å². The van der Waals surface area contributed by atoms with Gasteiger partial charge in [0.1, 0.15) is 17.4 Å². The van der Waals surface area contributed by atoms with Crippen LogP contribution in [-0.4, -0.2) is 0 Å². The van der Waals surface area contributed by atoms with Crippen molar-refractivity contribution in [1.29, 1.82) is 0 Å². The highest BCUT2D eigenvalue weighted by atomic mass is 19.3. The molecule has 0 aliphatic rings. The molecule has 0 heterocycles. The van der Waals surface area contributed by atoms with Gasteiger partial charge in [-0.3, -0.25) is 0 Å². The number of ether oxygens (including phenoxy) is 1. The standard InChI is InChI=1S/C22H12F8O/c1-11(23)20(27)13-4-2-12(3-5-13)14-6-7-16(17(24)8-14)22(29,30)31-15-9-18(25)21(28)19(26)10-15/h2-10H,1H3/b20-11+. The highest BCUT2D eigenvalue weighted by Crippen LogP contribution is 2.36. The van der Waals surface area contributed by atoms with E-state index in [2.05, 4.69) is 4.74 Å². The van der Waals surface area contributed by atoms with Gasteiger partial charge in [-0.05, 0) is 30.2 Å². The van der Waals surface area contributed by atoms with E-state index in [0.717, 1.165) is 19.1 Å². The first-order chi connectivity index (χ1) is 14.5. The summed E-state index contributed by atoms with van der Waals surface area (Å²) in [5.74, 6) is -9.91. The van der Waals surface area contributed by atoms with Gasteiger partial charge < -0.3 is 4.74 Å². The highest BCUT2D eigenvalue weighted by Gasteiger charge is 2.38. The van der Waals surface area contributed by atoms with Gasteiger partial charge in [-0.25, -0.2) is 26.3 Å². The molecule has 0 atom stereocenters. The highest BCUT2D eigenvalue weighted by molar-refractivity contribution is 5.68. The quantitative estimate of drug-likeness (QED) is 0.290. The molecular weight excluding hydrogens is 432 g/mol. The molecule has 0 fully saturated rings. The molecule has 0 radical (unpaired) electrons. The zero-order valence-corrected chi connectivity index (χ0v) is 15.6. The molecule has 3 rings (SSSR count). The van der Waals surface area contributed by atoms with Crippen molar-refractivity contribution >= 4 is 5.83 Å². The average molecular weight is 444 g/mol. The van der Waals surface area contributed by atoms with E-state index in [9.17, 15) is 35.1 Å². The summed E-state index contributed by atoms with van der Waals surface area (Å²) in [5, 5.41) is 0. The van der Waals surface area contributed by atoms with Gasteiger partial charge in [0.05, 0.1) is 5.56 Å². The van der Waals surface area contributed by atoms with E-state index in [-0.39, 0.29) is 23.3 Å². The third-order valence-corrected chi connectivity index (χ3v) is 4.26. The minimum atomic E-state index is -4.34. The number of halogens is 8. The van der Waals surface area contributed by atoms with Crippen molar-refractivity contribution in [2.75, 3.05) is 0 Å². The van der Waals surface area contributed by atoms with Crippen LogP contribution < -0.4 is 4.74 Å². The smallest absolute Gasteiger partial charge is 0.429 e. The third kappa shape index (κ3) is 4.70. The van der Waals surface area contributed by atoms with Crippen LogP contribution in [0.4, 0.5) is 35.1 Å². The summed E-state index contributed by atoms with van der Waals surface area (Å²) >= 11 is 0. The first-order valence-corrected chi connectivity index (χ1v) is 8.63. The fourth-order valence-electron chi connectivity index (χ4n) is 2.73. The molecule has 0 spiro atoms. The summed E-state index contributed by atoms with van der Waals surface area (Å²) in [5.41, 5.74) is -0.825. The van der Waals surface area contributed by atoms with Crippen LogP contribution in [0.5, 0.6) is 5.75 Å². The van der Waals surface area contributed by atoms with E-state index in [0.29, 0.717) is 11.6 Å². The summed E-state index contributed by atoms with van der Waals surface area (Å²) in [4.78, 5) is 0. The summed E-state index contributed by atoms with van der Waals surface area (Å²) < 4.78 is 113. The Kier molecular flexibility index (Phi) is 6.06. The van der Waals surface area contributed by atoms with Gasteiger partial charge in [-0.2, -0.15) is 8.78 Å². The van der Waals surface area contributed by atoms with E-state index < -0.39 is 52.3 Å². The van der Waals surface area contributed by atoms with Gasteiger partial charge in [-0.15, -0.1) is 0 Å². The maximum absolute atomic E-state index is 14.4.